The summed E-state index contributed by atoms with van der Waals surface area (Å²) in [6.45, 7) is 1.14. The van der Waals surface area contributed by atoms with Crippen molar-refractivity contribution in [2.24, 2.45) is 0 Å². The van der Waals surface area contributed by atoms with Gasteiger partial charge in [0.1, 0.15) is 0 Å². The Bertz CT molecular complexity index is 686. The maximum absolute atomic E-state index is 12.7. The second-order valence-corrected chi connectivity index (χ2v) is 6.83. The minimum atomic E-state index is -0.0672. The maximum Gasteiger partial charge on any atom is 0.254 e. The zero-order valence-corrected chi connectivity index (χ0v) is 13.3. The second-order valence-electron chi connectivity index (χ2n) is 4.77. The average molecular weight is 330 g/mol. The molecule has 112 valence electrons. The Kier molecular flexibility index (Phi) is 4.50. The van der Waals surface area contributed by atoms with Crippen LogP contribution in [0.25, 0.3) is 0 Å². The summed E-state index contributed by atoms with van der Waals surface area (Å²) in [6, 6.07) is 11.1. The van der Waals surface area contributed by atoms with Crippen LogP contribution in [0.4, 0.5) is 0 Å². The molecule has 0 aromatic carbocycles. The Morgan fingerprint density at radius 2 is 1.55 bits per heavy atom. The summed E-state index contributed by atoms with van der Waals surface area (Å²) in [7, 11) is 0. The first-order chi connectivity index (χ1) is 10.7. The van der Waals surface area contributed by atoms with Crippen molar-refractivity contribution >= 4 is 28.6 Å². The number of pyridine rings is 1. The van der Waals surface area contributed by atoms with Gasteiger partial charge in [-0.25, -0.2) is 0 Å². The fourth-order valence-corrected chi connectivity index (χ4v) is 3.56. The van der Waals surface area contributed by atoms with Gasteiger partial charge in [-0.1, -0.05) is 12.1 Å². The number of nitrogens with zero attached hydrogens (tertiary/aromatic N) is 2. The van der Waals surface area contributed by atoms with Crippen LogP contribution in [-0.4, -0.2) is 10.8 Å². The highest BCUT2D eigenvalue weighted by Crippen LogP contribution is 2.19. The molecular weight excluding hydrogens is 316 g/mol. The first kappa shape index (κ1) is 14.7. The summed E-state index contributed by atoms with van der Waals surface area (Å²) in [6.07, 6.45) is 2.70. The minimum Gasteiger partial charge on any atom is -0.619 e. The van der Waals surface area contributed by atoms with Crippen LogP contribution in [-0.2, 0) is 13.1 Å². The van der Waals surface area contributed by atoms with Crippen LogP contribution < -0.4 is 4.73 Å². The molecule has 3 aromatic rings. The van der Waals surface area contributed by atoms with Gasteiger partial charge in [0.05, 0.1) is 18.7 Å². The van der Waals surface area contributed by atoms with E-state index in [0.29, 0.717) is 23.4 Å². The van der Waals surface area contributed by atoms with Crippen molar-refractivity contribution in [3.05, 3.63) is 80.1 Å². The van der Waals surface area contributed by atoms with E-state index < -0.39 is 0 Å². The molecule has 0 unspecified atom stereocenters. The van der Waals surface area contributed by atoms with Crippen LogP contribution >= 0.6 is 22.7 Å². The molecule has 3 aromatic heterocycles. The number of carbonyl (C=O) groups excluding carboxylic acids is 1. The van der Waals surface area contributed by atoms with Crippen LogP contribution in [0.15, 0.2) is 59.6 Å². The number of thiophene rings is 2. The highest BCUT2D eigenvalue weighted by Gasteiger charge is 2.18. The lowest BCUT2D eigenvalue weighted by Crippen LogP contribution is -2.31. The number of rotatable bonds is 5. The number of amides is 1. The Morgan fingerprint density at radius 1 is 1.00 bits per heavy atom. The summed E-state index contributed by atoms with van der Waals surface area (Å²) >= 11 is 3.27. The molecule has 0 aliphatic carbocycles. The Hall–Kier alpha value is -2.18. The van der Waals surface area contributed by atoms with Crippen LogP contribution in [0.1, 0.15) is 20.1 Å². The van der Waals surface area contributed by atoms with Crippen molar-refractivity contribution in [1.82, 2.24) is 4.90 Å². The van der Waals surface area contributed by atoms with Crippen molar-refractivity contribution in [1.29, 1.82) is 0 Å². The normalized spacial score (nSPS) is 10.5. The van der Waals surface area contributed by atoms with Gasteiger partial charge < -0.3 is 10.1 Å². The monoisotopic (exact) mass is 330 g/mol. The van der Waals surface area contributed by atoms with E-state index >= 15 is 0 Å². The molecule has 6 heteroatoms. The predicted molar refractivity (Wildman–Crippen MR) is 87.6 cm³/mol. The molecule has 0 atom stereocenters. The highest BCUT2D eigenvalue weighted by molar-refractivity contribution is 7.10. The zero-order chi connectivity index (χ0) is 15.4. The van der Waals surface area contributed by atoms with Crippen LogP contribution in [0, 0.1) is 5.21 Å². The molecule has 0 aliphatic rings. The van der Waals surface area contributed by atoms with E-state index in [1.54, 1.807) is 34.8 Å². The van der Waals surface area contributed by atoms with Gasteiger partial charge in [-0.2, -0.15) is 4.73 Å². The molecule has 1 amide bonds. The molecular formula is C16H14N2O2S2. The molecule has 0 saturated carbocycles. The van der Waals surface area contributed by atoms with Crippen molar-refractivity contribution in [3.63, 3.8) is 0 Å². The van der Waals surface area contributed by atoms with E-state index in [1.807, 2.05) is 39.9 Å². The number of hydrogen-bond donors (Lipinski definition) is 0. The van der Waals surface area contributed by atoms with E-state index in [4.69, 9.17) is 0 Å². The van der Waals surface area contributed by atoms with Crippen molar-refractivity contribution in [2.45, 2.75) is 13.1 Å². The third-order valence-corrected chi connectivity index (χ3v) is 4.91. The summed E-state index contributed by atoms with van der Waals surface area (Å²) in [5, 5.41) is 15.1. The topological polar surface area (TPSA) is 47.2 Å². The van der Waals surface area contributed by atoms with E-state index in [0.717, 1.165) is 9.75 Å². The van der Waals surface area contributed by atoms with Crippen LogP contribution in [0.5, 0.6) is 0 Å². The quantitative estimate of drug-likeness (QED) is 0.532. The smallest absolute Gasteiger partial charge is 0.254 e. The third-order valence-electron chi connectivity index (χ3n) is 3.19. The van der Waals surface area contributed by atoms with E-state index in [-0.39, 0.29) is 5.91 Å². The van der Waals surface area contributed by atoms with Crippen molar-refractivity contribution < 1.29 is 9.52 Å². The molecule has 0 aliphatic heterocycles. The standard InChI is InChI=1S/C16H14N2O2S2/c19-16(13-5-7-18(20)8-6-13)17(11-14-3-1-9-21-14)12-15-4-2-10-22-15/h1-10H,11-12H2. The zero-order valence-electron chi connectivity index (χ0n) is 11.7. The van der Waals surface area contributed by atoms with E-state index in [9.17, 15) is 10.0 Å². The molecule has 0 spiro atoms. The second kappa shape index (κ2) is 6.72. The van der Waals surface area contributed by atoms with Gasteiger partial charge >= 0.3 is 0 Å². The Morgan fingerprint density at radius 3 is 2.00 bits per heavy atom. The summed E-state index contributed by atoms with van der Waals surface area (Å²) < 4.78 is 0.680. The van der Waals surface area contributed by atoms with Gasteiger partial charge in [0, 0.05) is 21.9 Å². The van der Waals surface area contributed by atoms with Gasteiger partial charge in [0.15, 0.2) is 12.4 Å². The minimum absolute atomic E-state index is 0.0672. The van der Waals surface area contributed by atoms with E-state index in [1.165, 1.54) is 12.4 Å². The fourth-order valence-electron chi connectivity index (χ4n) is 2.12. The van der Waals surface area contributed by atoms with Gasteiger partial charge in [-0.05, 0) is 22.9 Å². The van der Waals surface area contributed by atoms with E-state index in [2.05, 4.69) is 0 Å². The molecule has 0 N–H and O–H groups in total. The SMILES string of the molecule is O=C(c1cc[n+]([O-])cc1)N(Cc1cccs1)Cc1cccs1. The predicted octanol–water partition coefficient (Wildman–Crippen LogP) is 3.29. The lowest BCUT2D eigenvalue weighted by Gasteiger charge is -2.21. The number of hydrogen-bond acceptors (Lipinski definition) is 4. The third kappa shape index (κ3) is 3.52. The molecule has 22 heavy (non-hydrogen) atoms. The molecule has 3 rings (SSSR count). The Balaban J connectivity index is 1.83. The van der Waals surface area contributed by atoms with Crippen LogP contribution in [0.3, 0.4) is 0 Å². The lowest BCUT2D eigenvalue weighted by molar-refractivity contribution is -0.605. The Labute approximate surface area is 136 Å². The molecule has 0 bridgehead atoms. The molecule has 4 nitrogen and oxygen atoms in total. The summed E-state index contributed by atoms with van der Waals surface area (Å²) in [5.74, 6) is -0.0672. The first-order valence-corrected chi connectivity index (χ1v) is 8.51. The van der Waals surface area contributed by atoms with Gasteiger partial charge in [-0.3, -0.25) is 4.79 Å². The van der Waals surface area contributed by atoms with Crippen LogP contribution in [0.2, 0.25) is 0 Å². The van der Waals surface area contributed by atoms with Crippen molar-refractivity contribution in [3.8, 4) is 0 Å². The fraction of sp³-hybridized carbons (Fsp3) is 0.125. The maximum atomic E-state index is 12.7. The van der Waals surface area contributed by atoms with Gasteiger partial charge in [0.25, 0.3) is 5.91 Å². The molecule has 3 heterocycles. The molecule has 0 saturated heterocycles. The van der Waals surface area contributed by atoms with Gasteiger partial charge in [-0.15, -0.1) is 22.7 Å². The largest absolute Gasteiger partial charge is 0.619 e. The summed E-state index contributed by atoms with van der Waals surface area (Å²) in [4.78, 5) is 16.8. The number of carbonyl (C=O) groups is 1. The van der Waals surface area contributed by atoms with Gasteiger partial charge in [0.2, 0.25) is 0 Å². The summed E-state index contributed by atoms with van der Waals surface area (Å²) in [5.41, 5.74) is 0.528. The van der Waals surface area contributed by atoms with Crippen molar-refractivity contribution in [2.75, 3.05) is 0 Å². The molecule has 0 radical (unpaired) electrons. The number of aromatic nitrogens is 1. The lowest BCUT2D eigenvalue weighted by atomic mass is 10.2. The molecule has 0 fully saturated rings. The first-order valence-electron chi connectivity index (χ1n) is 6.75. The average Bonchev–Trinajstić information content (AvgIpc) is 3.20. The highest BCUT2D eigenvalue weighted by atomic mass is 32.1.